The maximum absolute atomic E-state index is 13.4. The predicted molar refractivity (Wildman–Crippen MR) is 119 cm³/mol. The van der Waals surface area contributed by atoms with Crippen molar-refractivity contribution in [1.82, 2.24) is 18.9 Å². The number of benzene rings is 2. The van der Waals surface area contributed by atoms with E-state index in [-0.39, 0.29) is 6.61 Å². The number of carbonyl (C=O) groups excluding carboxylic acids is 1. The van der Waals surface area contributed by atoms with Gasteiger partial charge in [0, 0.05) is 0 Å². The summed E-state index contributed by atoms with van der Waals surface area (Å²) in [5.74, 6) is 0. The average molecular weight is 445 g/mol. The Kier molecular flexibility index (Phi) is 5.91. The first-order valence-electron chi connectivity index (χ1n) is 10.2. The van der Waals surface area contributed by atoms with Crippen LogP contribution in [0.2, 0.25) is 0 Å². The Morgan fingerprint density at radius 1 is 1.15 bits per heavy atom. The van der Waals surface area contributed by atoms with Crippen molar-refractivity contribution in [2.75, 3.05) is 6.61 Å². The quantitative estimate of drug-likeness (QED) is 0.460. The van der Waals surface area contributed by atoms with E-state index in [1.165, 1.54) is 4.57 Å². The SMILES string of the molecule is CCOC(=O)n1c(-c2ccnn2-c2ccc(C#N)cc2)c(C)n(-c2cccc(CF)c2)c1=O. The third-order valence-electron chi connectivity index (χ3n) is 5.18. The summed E-state index contributed by atoms with van der Waals surface area (Å²) in [6.07, 6.45) is 0.724. The lowest BCUT2D eigenvalue weighted by Gasteiger charge is -2.11. The number of hydrogen-bond donors (Lipinski definition) is 0. The standard InChI is InChI=1S/C24H20FN5O3/c1-3-33-24(32)29-22(16(2)28(23(29)31)20-6-4-5-18(13-20)14-25)21-11-12-27-30(21)19-9-7-17(15-26)8-10-19/h4-13H,3,14H2,1-2H3. The highest BCUT2D eigenvalue weighted by Crippen LogP contribution is 2.27. The molecule has 0 bridgehead atoms. The van der Waals surface area contributed by atoms with Crippen molar-refractivity contribution in [2.45, 2.75) is 20.5 Å². The van der Waals surface area contributed by atoms with Crippen molar-refractivity contribution in [3.63, 3.8) is 0 Å². The number of alkyl halides is 1. The molecule has 0 saturated carbocycles. The minimum atomic E-state index is -0.825. The molecule has 2 aromatic heterocycles. The van der Waals surface area contributed by atoms with Gasteiger partial charge in [-0.2, -0.15) is 14.9 Å². The summed E-state index contributed by atoms with van der Waals surface area (Å²) >= 11 is 0. The number of imidazole rings is 1. The van der Waals surface area contributed by atoms with E-state index >= 15 is 0 Å². The topological polar surface area (TPSA) is 94.8 Å². The molecule has 0 spiro atoms. The van der Waals surface area contributed by atoms with Gasteiger partial charge in [-0.15, -0.1) is 0 Å². The second kappa shape index (κ2) is 8.96. The van der Waals surface area contributed by atoms with Crippen LogP contribution >= 0.6 is 0 Å². The van der Waals surface area contributed by atoms with Crippen LogP contribution in [0.3, 0.4) is 0 Å². The number of ether oxygens (including phenoxy) is 1. The Labute approximate surface area is 188 Å². The minimum absolute atomic E-state index is 0.0845. The Morgan fingerprint density at radius 3 is 2.58 bits per heavy atom. The summed E-state index contributed by atoms with van der Waals surface area (Å²) < 4.78 is 22.3. The zero-order chi connectivity index (χ0) is 23.5. The maximum Gasteiger partial charge on any atom is 0.422 e. The van der Waals surface area contributed by atoms with Crippen molar-refractivity contribution in [2.24, 2.45) is 0 Å². The third kappa shape index (κ3) is 3.83. The highest BCUT2D eigenvalue weighted by molar-refractivity contribution is 5.79. The molecule has 4 aromatic rings. The molecule has 0 saturated heterocycles. The van der Waals surface area contributed by atoms with E-state index in [1.54, 1.807) is 79.3 Å². The molecule has 9 heteroatoms. The Balaban J connectivity index is 1.98. The number of nitrogens with zero attached hydrogens (tertiary/aromatic N) is 5. The lowest BCUT2D eigenvalue weighted by Crippen LogP contribution is -2.30. The molecule has 2 aromatic carbocycles. The lowest BCUT2D eigenvalue weighted by atomic mass is 10.2. The van der Waals surface area contributed by atoms with Gasteiger partial charge in [-0.3, -0.25) is 4.57 Å². The number of rotatable bonds is 5. The Hall–Kier alpha value is -4.45. The van der Waals surface area contributed by atoms with Crippen LogP contribution in [-0.2, 0) is 11.4 Å². The van der Waals surface area contributed by atoms with Gasteiger partial charge >= 0.3 is 11.8 Å². The molecule has 0 aliphatic rings. The van der Waals surface area contributed by atoms with Gasteiger partial charge in [-0.25, -0.2) is 18.7 Å². The lowest BCUT2D eigenvalue weighted by molar-refractivity contribution is 0.153. The zero-order valence-corrected chi connectivity index (χ0v) is 18.0. The first-order chi connectivity index (χ1) is 16.0. The van der Waals surface area contributed by atoms with Crippen molar-refractivity contribution >= 4 is 6.09 Å². The molecular formula is C24H20FN5O3. The number of halogens is 1. The highest BCUT2D eigenvalue weighted by atomic mass is 19.1. The molecule has 0 radical (unpaired) electrons. The fourth-order valence-electron chi connectivity index (χ4n) is 3.71. The van der Waals surface area contributed by atoms with Crippen LogP contribution < -0.4 is 5.69 Å². The van der Waals surface area contributed by atoms with E-state index in [1.807, 2.05) is 0 Å². The Morgan fingerprint density at radius 2 is 1.91 bits per heavy atom. The minimum Gasteiger partial charge on any atom is -0.449 e. The average Bonchev–Trinajstić information content (AvgIpc) is 3.41. The molecule has 0 aliphatic heterocycles. The second-order valence-electron chi connectivity index (χ2n) is 7.18. The third-order valence-corrected chi connectivity index (χ3v) is 5.18. The van der Waals surface area contributed by atoms with Gasteiger partial charge in [0.15, 0.2) is 0 Å². The van der Waals surface area contributed by atoms with E-state index in [4.69, 9.17) is 10.00 Å². The van der Waals surface area contributed by atoms with Crippen molar-refractivity contribution < 1.29 is 13.9 Å². The van der Waals surface area contributed by atoms with E-state index in [9.17, 15) is 14.0 Å². The summed E-state index contributed by atoms with van der Waals surface area (Å²) in [4.78, 5) is 26.3. The van der Waals surface area contributed by atoms with Crippen LogP contribution in [0.5, 0.6) is 0 Å². The van der Waals surface area contributed by atoms with Gasteiger partial charge < -0.3 is 4.74 Å². The summed E-state index contributed by atoms with van der Waals surface area (Å²) in [7, 11) is 0. The van der Waals surface area contributed by atoms with Gasteiger partial charge in [0.2, 0.25) is 0 Å². The number of aromatic nitrogens is 4. The molecule has 2 heterocycles. The number of hydrogen-bond acceptors (Lipinski definition) is 5. The molecule has 0 N–H and O–H groups in total. The van der Waals surface area contributed by atoms with Gasteiger partial charge in [-0.05, 0) is 61.9 Å². The van der Waals surface area contributed by atoms with Crippen LogP contribution in [0, 0.1) is 18.3 Å². The van der Waals surface area contributed by atoms with E-state index in [0.29, 0.717) is 39.6 Å². The fraction of sp³-hybridized carbons (Fsp3) is 0.167. The van der Waals surface area contributed by atoms with Crippen LogP contribution in [0.1, 0.15) is 23.7 Å². The number of carbonyl (C=O) groups is 1. The smallest absolute Gasteiger partial charge is 0.422 e. The second-order valence-corrected chi connectivity index (χ2v) is 7.18. The van der Waals surface area contributed by atoms with Crippen molar-refractivity contribution in [3.8, 4) is 28.8 Å². The molecule has 166 valence electrons. The fourth-order valence-corrected chi connectivity index (χ4v) is 3.71. The van der Waals surface area contributed by atoms with Crippen molar-refractivity contribution in [3.05, 3.63) is 88.1 Å². The summed E-state index contributed by atoms with van der Waals surface area (Å²) in [6.45, 7) is 2.75. The van der Waals surface area contributed by atoms with E-state index < -0.39 is 18.5 Å². The first-order valence-corrected chi connectivity index (χ1v) is 10.2. The van der Waals surface area contributed by atoms with Crippen LogP contribution in [0.15, 0.2) is 65.6 Å². The highest BCUT2D eigenvalue weighted by Gasteiger charge is 2.27. The van der Waals surface area contributed by atoms with E-state index in [0.717, 1.165) is 4.57 Å². The summed E-state index contributed by atoms with van der Waals surface area (Å²) in [6, 6.07) is 17.0. The van der Waals surface area contributed by atoms with Crippen molar-refractivity contribution in [1.29, 1.82) is 5.26 Å². The van der Waals surface area contributed by atoms with Gasteiger partial charge in [-0.1, -0.05) is 12.1 Å². The molecule has 0 atom stereocenters. The van der Waals surface area contributed by atoms with Crippen LogP contribution in [-0.4, -0.2) is 31.6 Å². The van der Waals surface area contributed by atoms with Crippen LogP contribution in [0.25, 0.3) is 22.8 Å². The summed E-state index contributed by atoms with van der Waals surface area (Å²) in [5.41, 5.74) is 2.57. The molecule has 8 nitrogen and oxygen atoms in total. The molecular weight excluding hydrogens is 425 g/mol. The molecule has 0 amide bonds. The predicted octanol–water partition coefficient (Wildman–Crippen LogP) is 4.15. The van der Waals surface area contributed by atoms with Gasteiger partial charge in [0.1, 0.15) is 12.4 Å². The molecule has 0 fully saturated rings. The molecule has 4 rings (SSSR count). The monoisotopic (exact) mass is 445 g/mol. The molecule has 33 heavy (non-hydrogen) atoms. The molecule has 0 aliphatic carbocycles. The van der Waals surface area contributed by atoms with Crippen LogP contribution in [0.4, 0.5) is 9.18 Å². The molecule has 0 unspecified atom stereocenters. The normalized spacial score (nSPS) is 10.7. The zero-order valence-electron chi connectivity index (χ0n) is 18.0. The number of nitriles is 1. The maximum atomic E-state index is 13.4. The first kappa shape index (κ1) is 21.8. The van der Waals surface area contributed by atoms with E-state index in [2.05, 4.69) is 11.2 Å². The van der Waals surface area contributed by atoms with Gasteiger partial charge in [0.25, 0.3) is 0 Å². The Bertz CT molecular complexity index is 1420. The largest absolute Gasteiger partial charge is 0.449 e. The summed E-state index contributed by atoms with van der Waals surface area (Å²) in [5, 5.41) is 13.4. The van der Waals surface area contributed by atoms with Gasteiger partial charge in [0.05, 0.1) is 47.2 Å².